The van der Waals surface area contributed by atoms with E-state index in [0.717, 1.165) is 25.7 Å². The molecule has 0 aliphatic carbocycles. The number of carbonyl (C=O) groups excluding carboxylic acids is 2. The molecular formula is C23H45NO3S. The molecule has 0 aromatic rings. The average Bonchev–Trinajstić information content (AvgIpc) is 2.66. The van der Waals surface area contributed by atoms with Crippen LogP contribution in [0.3, 0.4) is 0 Å². The van der Waals surface area contributed by atoms with E-state index in [1.54, 1.807) is 0 Å². The Morgan fingerprint density at radius 2 is 1.39 bits per heavy atom. The fourth-order valence-corrected chi connectivity index (χ4v) is 3.92. The highest BCUT2D eigenvalue weighted by Crippen LogP contribution is 2.13. The largest absolute Gasteiger partial charge is 0.464 e. The molecule has 0 aliphatic heterocycles. The predicted molar refractivity (Wildman–Crippen MR) is 122 cm³/mol. The summed E-state index contributed by atoms with van der Waals surface area (Å²) in [7, 11) is 0. The van der Waals surface area contributed by atoms with Crippen LogP contribution < -0.4 is 5.32 Å². The summed E-state index contributed by atoms with van der Waals surface area (Å²) in [6, 6.07) is -0.529. The lowest BCUT2D eigenvalue weighted by Gasteiger charge is -2.20. The van der Waals surface area contributed by atoms with Gasteiger partial charge in [-0.05, 0) is 43.1 Å². The topological polar surface area (TPSA) is 55.4 Å². The number of rotatable bonds is 19. The Morgan fingerprint density at radius 3 is 2.00 bits per heavy atom. The zero-order valence-corrected chi connectivity index (χ0v) is 19.7. The molecule has 0 spiro atoms. The molecule has 0 aliphatic rings. The summed E-state index contributed by atoms with van der Waals surface area (Å²) in [5, 5.41) is 2.87. The number of nitrogens with one attached hydrogen (secondary N) is 1. The molecule has 0 aromatic carbocycles. The van der Waals surface area contributed by atoms with Gasteiger partial charge in [0.25, 0.3) is 0 Å². The number of ether oxygens (including phenoxy) is 1. The van der Waals surface area contributed by atoms with Gasteiger partial charge in [-0.1, -0.05) is 72.6 Å². The molecule has 28 heavy (non-hydrogen) atoms. The summed E-state index contributed by atoms with van der Waals surface area (Å²) in [6.45, 7) is 8.62. The van der Waals surface area contributed by atoms with Crippen molar-refractivity contribution in [1.29, 1.82) is 0 Å². The number of thioether (sulfide) groups is 1. The highest BCUT2D eigenvalue weighted by atomic mass is 32.2. The van der Waals surface area contributed by atoms with Gasteiger partial charge < -0.3 is 10.1 Å². The van der Waals surface area contributed by atoms with Crippen molar-refractivity contribution in [3.8, 4) is 0 Å². The SMILES string of the molecule is CCCCCCSCCCCCCCC(=O)NC(C(=O)OCCCC)C(C)C. The number of hydrogen-bond acceptors (Lipinski definition) is 4. The van der Waals surface area contributed by atoms with E-state index in [2.05, 4.69) is 30.9 Å². The van der Waals surface area contributed by atoms with Crippen molar-refractivity contribution in [2.45, 2.75) is 111 Å². The van der Waals surface area contributed by atoms with Gasteiger partial charge in [-0.2, -0.15) is 11.8 Å². The molecule has 5 heteroatoms. The number of hydrogen-bond donors (Lipinski definition) is 1. The molecule has 0 saturated carbocycles. The van der Waals surface area contributed by atoms with Gasteiger partial charge >= 0.3 is 5.97 Å². The Bertz CT molecular complexity index is 388. The van der Waals surface area contributed by atoms with Crippen molar-refractivity contribution in [1.82, 2.24) is 5.32 Å². The maximum absolute atomic E-state index is 12.2. The van der Waals surface area contributed by atoms with E-state index < -0.39 is 6.04 Å². The van der Waals surface area contributed by atoms with E-state index in [4.69, 9.17) is 4.74 Å². The van der Waals surface area contributed by atoms with Crippen molar-refractivity contribution in [3.05, 3.63) is 0 Å². The monoisotopic (exact) mass is 415 g/mol. The Hall–Kier alpha value is -0.710. The van der Waals surface area contributed by atoms with Crippen molar-refractivity contribution < 1.29 is 14.3 Å². The highest BCUT2D eigenvalue weighted by Gasteiger charge is 2.25. The van der Waals surface area contributed by atoms with E-state index in [1.165, 1.54) is 56.5 Å². The van der Waals surface area contributed by atoms with E-state index in [0.29, 0.717) is 13.0 Å². The van der Waals surface area contributed by atoms with E-state index >= 15 is 0 Å². The third-order valence-electron chi connectivity index (χ3n) is 4.81. The van der Waals surface area contributed by atoms with Crippen molar-refractivity contribution >= 4 is 23.6 Å². The minimum atomic E-state index is -0.529. The predicted octanol–water partition coefficient (Wildman–Crippen LogP) is 6.12. The minimum Gasteiger partial charge on any atom is -0.464 e. The second kappa shape index (κ2) is 19.6. The third kappa shape index (κ3) is 16.3. The van der Waals surface area contributed by atoms with Crippen LogP contribution in [0.25, 0.3) is 0 Å². The van der Waals surface area contributed by atoms with E-state index in [-0.39, 0.29) is 17.8 Å². The summed E-state index contributed by atoms with van der Waals surface area (Å²) in [6.07, 6.45) is 13.5. The number of unbranched alkanes of at least 4 members (excludes halogenated alkanes) is 8. The van der Waals surface area contributed by atoms with Crippen LogP contribution >= 0.6 is 11.8 Å². The second-order valence-corrected chi connectivity index (χ2v) is 9.23. The lowest BCUT2D eigenvalue weighted by Crippen LogP contribution is -2.45. The summed E-state index contributed by atoms with van der Waals surface area (Å²) >= 11 is 2.08. The third-order valence-corrected chi connectivity index (χ3v) is 5.97. The van der Waals surface area contributed by atoms with Gasteiger partial charge in [0, 0.05) is 6.42 Å². The first-order valence-corrected chi connectivity index (χ1v) is 12.7. The number of esters is 1. The van der Waals surface area contributed by atoms with Gasteiger partial charge in [0.15, 0.2) is 0 Å². The van der Waals surface area contributed by atoms with Crippen LogP contribution in [-0.4, -0.2) is 36.0 Å². The first-order chi connectivity index (χ1) is 13.5. The molecule has 0 fully saturated rings. The van der Waals surface area contributed by atoms with Crippen molar-refractivity contribution in [2.24, 2.45) is 5.92 Å². The summed E-state index contributed by atoms with van der Waals surface area (Å²) in [4.78, 5) is 24.3. The van der Waals surface area contributed by atoms with Crippen LogP contribution in [-0.2, 0) is 14.3 Å². The van der Waals surface area contributed by atoms with E-state index in [1.807, 2.05) is 13.8 Å². The van der Waals surface area contributed by atoms with Crippen molar-refractivity contribution in [2.75, 3.05) is 18.1 Å². The average molecular weight is 416 g/mol. The van der Waals surface area contributed by atoms with Gasteiger partial charge in [0.1, 0.15) is 6.04 Å². The Balaban J connectivity index is 3.69. The Kier molecular flexibility index (Phi) is 19.1. The van der Waals surface area contributed by atoms with Gasteiger partial charge in [0.2, 0.25) is 5.91 Å². The molecule has 166 valence electrons. The standard InChI is InChI=1S/C23H45NO3S/c1-5-7-9-14-18-28-19-15-12-10-11-13-16-21(25)24-22(20(3)4)23(26)27-17-8-6-2/h20,22H,5-19H2,1-4H3,(H,24,25). The van der Waals surface area contributed by atoms with E-state index in [9.17, 15) is 9.59 Å². The molecule has 0 bridgehead atoms. The zero-order valence-electron chi connectivity index (χ0n) is 18.9. The summed E-state index contributed by atoms with van der Waals surface area (Å²) < 4.78 is 5.27. The lowest BCUT2D eigenvalue weighted by molar-refractivity contribution is -0.149. The fourth-order valence-electron chi connectivity index (χ4n) is 2.90. The van der Waals surface area contributed by atoms with Crippen molar-refractivity contribution in [3.63, 3.8) is 0 Å². The first kappa shape index (κ1) is 27.3. The van der Waals surface area contributed by atoms with Gasteiger partial charge in [-0.3, -0.25) is 4.79 Å². The summed E-state index contributed by atoms with van der Waals surface area (Å²) in [5.41, 5.74) is 0. The van der Waals surface area contributed by atoms with Crippen LogP contribution in [0, 0.1) is 5.92 Å². The van der Waals surface area contributed by atoms with Crippen LogP contribution in [0.1, 0.15) is 105 Å². The molecule has 1 N–H and O–H groups in total. The van der Waals surface area contributed by atoms with Crippen LogP contribution in [0.5, 0.6) is 0 Å². The Morgan fingerprint density at radius 1 is 0.821 bits per heavy atom. The molecule has 1 unspecified atom stereocenters. The van der Waals surface area contributed by atoms with Crippen LogP contribution in [0.4, 0.5) is 0 Å². The normalized spacial score (nSPS) is 12.2. The molecule has 0 radical (unpaired) electrons. The van der Waals surface area contributed by atoms with Crippen LogP contribution in [0.15, 0.2) is 0 Å². The number of amides is 1. The number of carbonyl (C=O) groups is 2. The first-order valence-electron chi connectivity index (χ1n) is 11.6. The molecule has 0 rings (SSSR count). The molecule has 1 atom stereocenters. The smallest absolute Gasteiger partial charge is 0.328 e. The van der Waals surface area contributed by atoms with Gasteiger partial charge in [-0.25, -0.2) is 4.79 Å². The maximum Gasteiger partial charge on any atom is 0.328 e. The second-order valence-electron chi connectivity index (χ2n) is 8.00. The quantitative estimate of drug-likeness (QED) is 0.204. The highest BCUT2D eigenvalue weighted by molar-refractivity contribution is 7.99. The lowest BCUT2D eigenvalue weighted by atomic mass is 10.0. The zero-order chi connectivity index (χ0) is 21.0. The Labute approximate surface area is 178 Å². The minimum absolute atomic E-state index is 0.0335. The molecule has 0 saturated heterocycles. The summed E-state index contributed by atoms with van der Waals surface area (Å²) in [5.74, 6) is 2.27. The fraction of sp³-hybridized carbons (Fsp3) is 0.913. The van der Waals surface area contributed by atoms with Crippen LogP contribution in [0.2, 0.25) is 0 Å². The molecule has 0 heterocycles. The molecule has 1 amide bonds. The van der Waals surface area contributed by atoms with Gasteiger partial charge in [0.05, 0.1) is 6.61 Å². The molecule has 4 nitrogen and oxygen atoms in total. The molecule has 0 aromatic heterocycles. The maximum atomic E-state index is 12.2. The van der Waals surface area contributed by atoms with Gasteiger partial charge in [-0.15, -0.1) is 0 Å². The molecular weight excluding hydrogens is 370 g/mol.